The lowest BCUT2D eigenvalue weighted by Gasteiger charge is -2.25. The van der Waals surface area contributed by atoms with Crippen LogP contribution in [0.5, 0.6) is 0 Å². The number of nitrogens with zero attached hydrogens (tertiary/aromatic N) is 2. The maximum atomic E-state index is 5.74. The number of aliphatic imine (C=N–C) groups is 1. The molecule has 140 valence electrons. The molecule has 1 aromatic carbocycles. The quantitative estimate of drug-likeness (QED) is 0.281. The second-order valence-electron chi connectivity index (χ2n) is 7.44. The lowest BCUT2D eigenvalue weighted by molar-refractivity contribution is 0.115. The summed E-state index contributed by atoms with van der Waals surface area (Å²) >= 11 is 0. The van der Waals surface area contributed by atoms with Crippen molar-refractivity contribution in [1.29, 1.82) is 0 Å². The molecule has 0 unspecified atom stereocenters. The van der Waals surface area contributed by atoms with Gasteiger partial charge in [0.05, 0.1) is 6.61 Å². The zero-order chi connectivity index (χ0) is 17.0. The highest BCUT2D eigenvalue weighted by Crippen LogP contribution is 2.48. The summed E-state index contributed by atoms with van der Waals surface area (Å²) in [7, 11) is 3.94. The molecule has 2 aliphatic carbocycles. The fraction of sp³-hybridized carbons (Fsp3) is 0.650. The van der Waals surface area contributed by atoms with Gasteiger partial charge >= 0.3 is 0 Å². The van der Waals surface area contributed by atoms with Crippen molar-refractivity contribution in [2.45, 2.75) is 38.0 Å². The molecule has 25 heavy (non-hydrogen) atoms. The van der Waals surface area contributed by atoms with Crippen LogP contribution in [-0.4, -0.2) is 51.3 Å². The summed E-state index contributed by atoms with van der Waals surface area (Å²) in [5.74, 6) is 1.79. The van der Waals surface area contributed by atoms with Crippen LogP contribution in [0.25, 0.3) is 0 Å². The van der Waals surface area contributed by atoms with E-state index in [9.17, 15) is 0 Å². The summed E-state index contributed by atoms with van der Waals surface area (Å²) in [6, 6.07) is 8.77. The Labute approximate surface area is 169 Å². The van der Waals surface area contributed by atoms with E-state index in [1.165, 1.54) is 36.8 Å². The number of aryl methyl sites for hydroxylation is 1. The lowest BCUT2D eigenvalue weighted by Crippen LogP contribution is -2.43. The van der Waals surface area contributed by atoms with E-state index in [1.807, 2.05) is 7.05 Å². The average molecular weight is 457 g/mol. The predicted octanol–water partition coefficient (Wildman–Crippen LogP) is 3.58. The van der Waals surface area contributed by atoms with Crippen molar-refractivity contribution in [1.82, 2.24) is 10.2 Å². The summed E-state index contributed by atoms with van der Waals surface area (Å²) in [4.78, 5) is 6.60. The molecule has 0 bridgehead atoms. The maximum absolute atomic E-state index is 5.74. The van der Waals surface area contributed by atoms with Crippen molar-refractivity contribution in [3.05, 3.63) is 35.4 Å². The molecule has 0 aliphatic heterocycles. The van der Waals surface area contributed by atoms with Gasteiger partial charge in [-0.2, -0.15) is 0 Å². The van der Waals surface area contributed by atoms with E-state index < -0.39 is 0 Å². The normalized spacial score (nSPS) is 18.4. The third-order valence-electron chi connectivity index (χ3n) is 5.35. The number of benzene rings is 1. The van der Waals surface area contributed by atoms with E-state index in [2.05, 4.69) is 53.4 Å². The summed E-state index contributed by atoms with van der Waals surface area (Å²) in [6.07, 6.45) is 5.21. The average Bonchev–Trinajstić information content (AvgIpc) is 3.48. The zero-order valence-electron chi connectivity index (χ0n) is 15.8. The molecule has 1 N–H and O–H groups in total. The van der Waals surface area contributed by atoms with Crippen molar-refractivity contribution in [2.24, 2.45) is 10.9 Å². The summed E-state index contributed by atoms with van der Waals surface area (Å²) in [5.41, 5.74) is 3.18. The Morgan fingerprint density at radius 3 is 2.64 bits per heavy atom. The maximum Gasteiger partial charge on any atom is 0.193 e. The van der Waals surface area contributed by atoms with E-state index in [0.29, 0.717) is 5.41 Å². The van der Waals surface area contributed by atoms with Crippen LogP contribution in [0.3, 0.4) is 0 Å². The van der Waals surface area contributed by atoms with Gasteiger partial charge in [-0.15, -0.1) is 24.0 Å². The molecule has 2 fully saturated rings. The van der Waals surface area contributed by atoms with Crippen LogP contribution in [-0.2, 0) is 10.2 Å². The molecule has 0 atom stereocenters. The van der Waals surface area contributed by atoms with Crippen LogP contribution >= 0.6 is 24.0 Å². The van der Waals surface area contributed by atoms with Gasteiger partial charge < -0.3 is 15.0 Å². The smallest absolute Gasteiger partial charge is 0.193 e. The number of likely N-dealkylation sites (N-methyl/N-ethyl adjacent to an activating group) is 1. The molecule has 2 saturated carbocycles. The van der Waals surface area contributed by atoms with Gasteiger partial charge in [0.2, 0.25) is 0 Å². The summed E-state index contributed by atoms with van der Waals surface area (Å²) < 4.78 is 5.74. The molecule has 0 aromatic heterocycles. The molecule has 0 spiro atoms. The molecule has 0 saturated heterocycles. The Morgan fingerprint density at radius 1 is 1.32 bits per heavy atom. The first-order valence-electron chi connectivity index (χ1n) is 9.20. The summed E-state index contributed by atoms with van der Waals surface area (Å²) in [5, 5.41) is 3.58. The first-order valence-corrected chi connectivity index (χ1v) is 9.20. The van der Waals surface area contributed by atoms with Crippen LogP contribution in [0.1, 0.15) is 36.8 Å². The molecule has 0 amide bonds. The molecule has 2 aliphatic rings. The van der Waals surface area contributed by atoms with Gasteiger partial charge in [0.15, 0.2) is 5.96 Å². The Balaban J connectivity index is 0.00000225. The Bertz CT molecular complexity index is 582. The van der Waals surface area contributed by atoms with E-state index in [0.717, 1.165) is 38.2 Å². The largest absolute Gasteiger partial charge is 0.379 e. The Hall–Kier alpha value is -0.820. The summed E-state index contributed by atoms with van der Waals surface area (Å²) in [6.45, 7) is 5.75. The van der Waals surface area contributed by atoms with E-state index in [1.54, 1.807) is 0 Å². The molecule has 5 heteroatoms. The first-order chi connectivity index (χ1) is 11.6. The molecule has 0 radical (unpaired) electrons. The monoisotopic (exact) mass is 457 g/mol. The third-order valence-corrected chi connectivity index (χ3v) is 5.35. The third kappa shape index (κ3) is 5.58. The van der Waals surface area contributed by atoms with Gasteiger partial charge in [-0.05, 0) is 49.7 Å². The van der Waals surface area contributed by atoms with Crippen LogP contribution in [0, 0.1) is 12.8 Å². The highest BCUT2D eigenvalue weighted by Gasteiger charge is 2.45. The lowest BCUT2D eigenvalue weighted by atomic mass is 9.92. The van der Waals surface area contributed by atoms with E-state index in [-0.39, 0.29) is 24.0 Å². The van der Waals surface area contributed by atoms with Crippen LogP contribution in [0.2, 0.25) is 0 Å². The first kappa shape index (κ1) is 20.5. The fourth-order valence-electron chi connectivity index (χ4n) is 3.34. The fourth-order valence-corrected chi connectivity index (χ4v) is 3.34. The number of nitrogens with one attached hydrogen (secondary N) is 1. The van der Waals surface area contributed by atoms with Crippen molar-refractivity contribution >= 4 is 29.9 Å². The van der Waals surface area contributed by atoms with Gasteiger partial charge in [-0.3, -0.25) is 4.99 Å². The van der Waals surface area contributed by atoms with Crippen molar-refractivity contribution in [3.63, 3.8) is 0 Å². The number of rotatable bonds is 8. The van der Waals surface area contributed by atoms with Crippen molar-refractivity contribution in [2.75, 3.05) is 40.4 Å². The minimum Gasteiger partial charge on any atom is -0.379 e. The molecule has 0 heterocycles. The second kappa shape index (κ2) is 9.21. The second-order valence-corrected chi connectivity index (χ2v) is 7.44. The Kier molecular flexibility index (Phi) is 7.55. The number of halogens is 1. The van der Waals surface area contributed by atoms with Gasteiger partial charge in [0.1, 0.15) is 0 Å². The number of hydrogen-bond donors (Lipinski definition) is 1. The zero-order valence-corrected chi connectivity index (χ0v) is 18.1. The van der Waals surface area contributed by atoms with Crippen LogP contribution in [0.15, 0.2) is 29.3 Å². The Morgan fingerprint density at radius 2 is 2.04 bits per heavy atom. The molecule has 1 aromatic rings. The molecule has 4 nitrogen and oxygen atoms in total. The van der Waals surface area contributed by atoms with Crippen molar-refractivity contribution in [3.8, 4) is 0 Å². The number of hydrogen-bond acceptors (Lipinski definition) is 2. The van der Waals surface area contributed by atoms with Crippen LogP contribution in [0.4, 0.5) is 0 Å². The molecular weight excluding hydrogens is 425 g/mol. The molecule has 3 rings (SSSR count). The SMILES string of the molecule is CN=C(NCC1(c2ccccc2C)CC1)N(C)CCOCC1CC1.I. The van der Waals surface area contributed by atoms with Crippen molar-refractivity contribution < 1.29 is 4.74 Å². The minimum absolute atomic E-state index is 0. The van der Waals surface area contributed by atoms with Gasteiger partial charge in [-0.1, -0.05) is 24.3 Å². The van der Waals surface area contributed by atoms with E-state index >= 15 is 0 Å². The predicted molar refractivity (Wildman–Crippen MR) is 115 cm³/mol. The van der Waals surface area contributed by atoms with Crippen LogP contribution < -0.4 is 5.32 Å². The minimum atomic E-state index is 0. The van der Waals surface area contributed by atoms with Gasteiger partial charge in [-0.25, -0.2) is 0 Å². The highest BCUT2D eigenvalue weighted by molar-refractivity contribution is 14.0. The van der Waals surface area contributed by atoms with E-state index in [4.69, 9.17) is 4.74 Å². The highest BCUT2D eigenvalue weighted by atomic mass is 127. The number of guanidine groups is 1. The topological polar surface area (TPSA) is 36.9 Å². The standard InChI is InChI=1S/C20H31N3O.HI/c1-16-6-4-5-7-18(16)20(10-11-20)15-22-19(21-2)23(3)12-13-24-14-17-8-9-17;/h4-7,17H,8-15H2,1-3H3,(H,21,22);1H. The van der Waals surface area contributed by atoms with Gasteiger partial charge in [0, 0.05) is 39.2 Å². The van der Waals surface area contributed by atoms with Gasteiger partial charge in [0.25, 0.3) is 0 Å². The number of ether oxygens (including phenoxy) is 1. The molecular formula is C20H32IN3O.